The summed E-state index contributed by atoms with van der Waals surface area (Å²) in [6.45, 7) is 18.2. The average molecular weight is 507 g/mol. The van der Waals surface area contributed by atoms with E-state index in [1.165, 1.54) is 12.7 Å². The molecule has 7 heteroatoms. The Morgan fingerprint density at radius 2 is 1.74 bits per heavy atom. The molecule has 198 valence electrons. The Hall–Kier alpha value is -2.38. The smallest absolute Gasteiger partial charge is 0.407 e. The van der Waals surface area contributed by atoms with Crippen LogP contribution in [0.5, 0.6) is 11.5 Å². The standard InChI is InChI=1S/C19H32N2O4S.C7H8.C2H6/c1-14(2)13-21(11-7-10-20-18(23)25-19(3,4)5)26-15-8-9-17(24-6)16(22)12-15;1-7-5-3-2-4-6-7;1-2/h8-9,12,14,22H,7,10-11,13H2,1-6H3,(H,20,23);2-6H,1H3;1-2H3. The van der Waals surface area contributed by atoms with Crippen LogP contribution in [0.4, 0.5) is 4.79 Å². The molecule has 1 amide bonds. The molecule has 6 nitrogen and oxygen atoms in total. The van der Waals surface area contributed by atoms with Crippen molar-refractivity contribution in [3.63, 3.8) is 0 Å². The molecule has 0 unspecified atom stereocenters. The number of alkyl carbamates (subject to hydrolysis) is 1. The number of carbonyl (C=O) groups excluding carboxylic acids is 1. The van der Waals surface area contributed by atoms with E-state index in [0.717, 1.165) is 24.4 Å². The first-order valence-corrected chi connectivity index (χ1v) is 13.1. The van der Waals surface area contributed by atoms with E-state index in [1.54, 1.807) is 24.1 Å². The van der Waals surface area contributed by atoms with Crippen LogP contribution in [0.3, 0.4) is 0 Å². The summed E-state index contributed by atoms with van der Waals surface area (Å²) in [6, 6.07) is 15.7. The topological polar surface area (TPSA) is 71.0 Å². The summed E-state index contributed by atoms with van der Waals surface area (Å²) in [4.78, 5) is 12.6. The summed E-state index contributed by atoms with van der Waals surface area (Å²) in [6.07, 6.45) is 0.418. The molecule has 2 aromatic rings. The molecule has 2 rings (SSSR count). The van der Waals surface area contributed by atoms with Gasteiger partial charge >= 0.3 is 6.09 Å². The molecule has 0 bridgehead atoms. The summed E-state index contributed by atoms with van der Waals surface area (Å²) < 4.78 is 12.6. The normalized spacial score (nSPS) is 10.6. The van der Waals surface area contributed by atoms with Crippen LogP contribution < -0.4 is 10.1 Å². The number of benzene rings is 2. The Kier molecular flexibility index (Phi) is 16.7. The third-order valence-corrected chi connectivity index (χ3v) is 5.20. The maximum Gasteiger partial charge on any atom is 0.407 e. The van der Waals surface area contributed by atoms with Crippen molar-refractivity contribution >= 4 is 18.0 Å². The van der Waals surface area contributed by atoms with E-state index in [-0.39, 0.29) is 11.8 Å². The van der Waals surface area contributed by atoms with E-state index < -0.39 is 5.60 Å². The molecule has 0 saturated carbocycles. The van der Waals surface area contributed by atoms with Crippen LogP contribution >= 0.6 is 11.9 Å². The van der Waals surface area contributed by atoms with Gasteiger partial charge in [0.1, 0.15) is 5.60 Å². The van der Waals surface area contributed by atoms with Crippen LogP contribution in [0.1, 0.15) is 60.5 Å². The zero-order chi connectivity index (χ0) is 26.9. The van der Waals surface area contributed by atoms with Crippen molar-refractivity contribution in [2.24, 2.45) is 5.92 Å². The minimum atomic E-state index is -0.486. The number of phenolic OH excluding ortho intramolecular Hbond substituents is 1. The van der Waals surface area contributed by atoms with Crippen LogP contribution in [0.2, 0.25) is 0 Å². The zero-order valence-corrected chi connectivity index (χ0v) is 23.9. The fourth-order valence-corrected chi connectivity index (χ4v) is 3.94. The van der Waals surface area contributed by atoms with Crippen molar-refractivity contribution < 1.29 is 19.4 Å². The average Bonchev–Trinajstić information content (AvgIpc) is 2.77. The Bertz CT molecular complexity index is 823. The lowest BCUT2D eigenvalue weighted by Crippen LogP contribution is -2.34. The number of aryl methyl sites for hydroxylation is 1. The number of ether oxygens (including phenoxy) is 2. The van der Waals surface area contributed by atoms with Gasteiger partial charge in [0, 0.05) is 24.5 Å². The highest BCUT2D eigenvalue weighted by Crippen LogP contribution is 2.32. The van der Waals surface area contributed by atoms with Crippen molar-refractivity contribution in [2.45, 2.75) is 72.3 Å². The van der Waals surface area contributed by atoms with Crippen molar-refractivity contribution in [2.75, 3.05) is 26.7 Å². The molecule has 0 aliphatic rings. The van der Waals surface area contributed by atoms with Gasteiger partial charge in [-0.25, -0.2) is 9.10 Å². The Labute approximate surface area is 217 Å². The minimum absolute atomic E-state index is 0.133. The summed E-state index contributed by atoms with van der Waals surface area (Å²) in [5.74, 6) is 1.10. The van der Waals surface area contributed by atoms with Crippen LogP contribution in [0, 0.1) is 12.8 Å². The first-order valence-electron chi connectivity index (χ1n) is 12.3. The Balaban J connectivity index is 0.00000108. The highest BCUT2D eigenvalue weighted by Gasteiger charge is 2.16. The van der Waals surface area contributed by atoms with E-state index in [4.69, 9.17) is 9.47 Å². The second-order valence-corrected chi connectivity index (χ2v) is 10.3. The summed E-state index contributed by atoms with van der Waals surface area (Å²) in [5.41, 5.74) is 0.836. The molecule has 0 aliphatic heterocycles. The largest absolute Gasteiger partial charge is 0.504 e. The van der Waals surface area contributed by atoms with Crippen LogP contribution in [0.15, 0.2) is 53.4 Å². The number of amides is 1. The molecule has 0 spiro atoms. The molecule has 0 saturated heterocycles. The first-order chi connectivity index (χ1) is 16.5. The number of methoxy groups -OCH3 is 1. The molecular formula is C28H46N2O4S. The van der Waals surface area contributed by atoms with Gasteiger partial charge in [-0.1, -0.05) is 63.6 Å². The fraction of sp³-hybridized carbons (Fsp3) is 0.536. The highest BCUT2D eigenvalue weighted by atomic mass is 32.2. The minimum Gasteiger partial charge on any atom is -0.504 e. The van der Waals surface area contributed by atoms with Crippen molar-refractivity contribution in [3.05, 3.63) is 54.1 Å². The predicted molar refractivity (Wildman–Crippen MR) is 148 cm³/mol. The van der Waals surface area contributed by atoms with Crippen LogP contribution in [-0.4, -0.2) is 47.9 Å². The van der Waals surface area contributed by atoms with Gasteiger partial charge in [0.05, 0.1) is 7.11 Å². The number of hydrogen-bond acceptors (Lipinski definition) is 6. The number of phenols is 1. The Morgan fingerprint density at radius 1 is 1.11 bits per heavy atom. The molecule has 35 heavy (non-hydrogen) atoms. The van der Waals surface area contributed by atoms with Gasteiger partial charge in [-0.05, 0) is 70.2 Å². The summed E-state index contributed by atoms with van der Waals surface area (Å²) >= 11 is 1.59. The summed E-state index contributed by atoms with van der Waals surface area (Å²) in [7, 11) is 1.53. The quantitative estimate of drug-likeness (QED) is 0.275. The molecule has 0 fully saturated rings. The van der Waals surface area contributed by atoms with E-state index in [9.17, 15) is 9.90 Å². The van der Waals surface area contributed by atoms with Gasteiger partial charge in [0.2, 0.25) is 0 Å². The van der Waals surface area contributed by atoms with Crippen LogP contribution in [-0.2, 0) is 4.74 Å². The van der Waals surface area contributed by atoms with Crippen molar-refractivity contribution in [1.29, 1.82) is 0 Å². The monoisotopic (exact) mass is 506 g/mol. The molecule has 2 N–H and O–H groups in total. The van der Waals surface area contributed by atoms with Gasteiger partial charge in [-0.2, -0.15) is 0 Å². The number of aromatic hydroxyl groups is 1. The van der Waals surface area contributed by atoms with Crippen LogP contribution in [0.25, 0.3) is 0 Å². The predicted octanol–water partition coefficient (Wildman–Crippen LogP) is 7.30. The highest BCUT2D eigenvalue weighted by molar-refractivity contribution is 7.97. The van der Waals surface area contributed by atoms with Gasteiger partial charge in [-0.15, -0.1) is 0 Å². The molecular weight excluding hydrogens is 460 g/mol. The van der Waals surface area contributed by atoms with Gasteiger partial charge in [0.25, 0.3) is 0 Å². The molecule has 2 aromatic carbocycles. The first kappa shape index (κ1) is 32.6. The fourth-order valence-electron chi connectivity index (χ4n) is 2.75. The molecule has 0 radical (unpaired) electrons. The lowest BCUT2D eigenvalue weighted by molar-refractivity contribution is 0.0526. The number of nitrogens with zero attached hydrogens (tertiary/aromatic N) is 1. The molecule has 0 aromatic heterocycles. The van der Waals surface area contributed by atoms with E-state index in [1.807, 2.05) is 58.9 Å². The second-order valence-electron chi connectivity index (χ2n) is 9.14. The third kappa shape index (κ3) is 16.8. The second kappa shape index (κ2) is 18.0. The van der Waals surface area contributed by atoms with Crippen molar-refractivity contribution in [1.82, 2.24) is 9.62 Å². The summed E-state index contributed by atoms with van der Waals surface area (Å²) in [5, 5.41) is 12.7. The van der Waals surface area contributed by atoms with Gasteiger partial charge in [0.15, 0.2) is 11.5 Å². The van der Waals surface area contributed by atoms with Crippen molar-refractivity contribution in [3.8, 4) is 11.5 Å². The van der Waals surface area contributed by atoms with Gasteiger partial charge in [-0.3, -0.25) is 0 Å². The molecule has 0 aliphatic carbocycles. The number of hydrogen-bond donors (Lipinski definition) is 2. The maximum absolute atomic E-state index is 11.7. The lowest BCUT2D eigenvalue weighted by Gasteiger charge is -2.24. The maximum atomic E-state index is 11.7. The number of nitrogens with one attached hydrogen (secondary N) is 1. The molecule has 0 atom stereocenters. The third-order valence-electron chi connectivity index (χ3n) is 4.15. The van der Waals surface area contributed by atoms with Gasteiger partial charge < -0.3 is 19.9 Å². The SMILES string of the molecule is CC.COc1ccc(SN(CCCNC(=O)OC(C)(C)C)CC(C)C)cc1O.Cc1ccccc1. The van der Waals surface area contributed by atoms with E-state index >= 15 is 0 Å². The molecule has 0 heterocycles. The lowest BCUT2D eigenvalue weighted by atomic mass is 10.2. The zero-order valence-electron chi connectivity index (χ0n) is 23.1. The number of rotatable bonds is 9. The van der Waals surface area contributed by atoms with E-state index in [2.05, 4.69) is 42.5 Å². The Morgan fingerprint density at radius 3 is 2.20 bits per heavy atom. The number of carbonyl (C=O) groups is 1. The van der Waals surface area contributed by atoms with E-state index in [0.29, 0.717) is 18.2 Å².